The van der Waals surface area contributed by atoms with Gasteiger partial charge in [-0.15, -0.1) is 0 Å². The van der Waals surface area contributed by atoms with E-state index in [1.54, 1.807) is 4.90 Å². The highest BCUT2D eigenvalue weighted by Crippen LogP contribution is 2.20. The maximum atomic E-state index is 12.0. The molecule has 22 heavy (non-hydrogen) atoms. The minimum atomic E-state index is -0.451. The number of rotatable bonds is 5. The molecule has 1 aliphatic rings. The molecule has 0 saturated carbocycles. The fraction of sp³-hybridized carbons (Fsp3) is 0.875. The van der Waals surface area contributed by atoms with Gasteiger partial charge >= 0.3 is 12.1 Å². The summed E-state index contributed by atoms with van der Waals surface area (Å²) in [7, 11) is 1.93. The number of likely N-dealkylation sites (tertiary alicyclic amines) is 1. The molecule has 0 N–H and O–H groups in total. The summed E-state index contributed by atoms with van der Waals surface area (Å²) in [5, 5.41) is 0. The normalized spacial score (nSPS) is 16.7. The van der Waals surface area contributed by atoms with Crippen LogP contribution in [0.15, 0.2) is 0 Å². The molecule has 0 aromatic heterocycles. The number of ether oxygens (including phenoxy) is 2. The molecule has 1 heterocycles. The first-order valence-electron chi connectivity index (χ1n) is 8.03. The lowest BCUT2D eigenvalue weighted by Crippen LogP contribution is -2.43. The molecule has 6 heteroatoms. The Labute approximate surface area is 133 Å². The number of nitrogens with zero attached hydrogens (tertiary/aromatic N) is 2. The molecule has 0 aliphatic carbocycles. The van der Waals surface area contributed by atoms with Gasteiger partial charge in [-0.2, -0.15) is 0 Å². The molecule has 0 bridgehead atoms. The molecule has 0 aromatic rings. The van der Waals surface area contributed by atoms with Crippen molar-refractivity contribution in [2.45, 2.75) is 46.1 Å². The van der Waals surface area contributed by atoms with E-state index in [1.807, 2.05) is 39.6 Å². The summed E-state index contributed by atoms with van der Waals surface area (Å²) in [6, 6.07) is 0. The summed E-state index contributed by atoms with van der Waals surface area (Å²) in [5.74, 6) is 0.314. The summed E-state index contributed by atoms with van der Waals surface area (Å²) in [5.41, 5.74) is -0.451. The molecule has 1 aliphatic heterocycles. The van der Waals surface area contributed by atoms with E-state index in [-0.39, 0.29) is 12.1 Å². The van der Waals surface area contributed by atoms with Crippen molar-refractivity contribution >= 4 is 12.1 Å². The van der Waals surface area contributed by atoms with Gasteiger partial charge in [0, 0.05) is 19.6 Å². The van der Waals surface area contributed by atoms with Crippen LogP contribution in [0.3, 0.4) is 0 Å². The van der Waals surface area contributed by atoms with Crippen LogP contribution in [0.5, 0.6) is 0 Å². The van der Waals surface area contributed by atoms with Crippen molar-refractivity contribution in [1.29, 1.82) is 0 Å². The number of piperidine rings is 1. The average molecular weight is 314 g/mol. The third-order valence-electron chi connectivity index (χ3n) is 3.54. The summed E-state index contributed by atoms with van der Waals surface area (Å²) in [6.07, 6.45) is 1.64. The Kier molecular flexibility index (Phi) is 7.13. The minimum absolute atomic E-state index is 0.184. The van der Waals surface area contributed by atoms with Gasteiger partial charge in [-0.25, -0.2) is 4.79 Å². The molecule has 0 atom stereocenters. The van der Waals surface area contributed by atoms with Gasteiger partial charge in [0.15, 0.2) is 0 Å². The second kappa shape index (κ2) is 8.36. The standard InChI is InChI=1S/C16H30N2O4/c1-6-21-14(19)12-17(5)11-13-7-9-18(10-8-13)15(20)22-16(2,3)4/h13H,6-12H2,1-5H3. The van der Waals surface area contributed by atoms with Crippen LogP contribution >= 0.6 is 0 Å². The fourth-order valence-corrected chi connectivity index (χ4v) is 2.56. The number of hydrogen-bond donors (Lipinski definition) is 0. The highest BCUT2D eigenvalue weighted by molar-refractivity contribution is 5.71. The van der Waals surface area contributed by atoms with E-state index in [2.05, 4.69) is 0 Å². The SMILES string of the molecule is CCOC(=O)CN(C)CC1CCN(C(=O)OC(C)(C)C)CC1. The number of amides is 1. The molecule has 0 radical (unpaired) electrons. The zero-order valence-corrected chi connectivity index (χ0v) is 14.6. The van der Waals surface area contributed by atoms with Gasteiger partial charge < -0.3 is 14.4 Å². The molecule has 6 nitrogen and oxygen atoms in total. The van der Waals surface area contributed by atoms with Gasteiger partial charge in [-0.1, -0.05) is 0 Å². The third kappa shape index (κ3) is 7.11. The predicted molar refractivity (Wildman–Crippen MR) is 84.7 cm³/mol. The van der Waals surface area contributed by atoms with Crippen molar-refractivity contribution in [1.82, 2.24) is 9.80 Å². The Morgan fingerprint density at radius 1 is 1.23 bits per heavy atom. The van der Waals surface area contributed by atoms with Gasteiger partial charge in [0.2, 0.25) is 0 Å². The molecule has 0 spiro atoms. The van der Waals surface area contributed by atoms with Crippen LogP contribution in [0.4, 0.5) is 4.79 Å². The van der Waals surface area contributed by atoms with E-state index in [1.165, 1.54) is 0 Å². The van der Waals surface area contributed by atoms with E-state index >= 15 is 0 Å². The quantitative estimate of drug-likeness (QED) is 0.728. The zero-order valence-electron chi connectivity index (χ0n) is 14.6. The zero-order chi connectivity index (χ0) is 16.8. The summed E-state index contributed by atoms with van der Waals surface area (Å²) in [4.78, 5) is 27.2. The number of carbonyl (C=O) groups is 2. The molecule has 1 saturated heterocycles. The van der Waals surface area contributed by atoms with Crippen molar-refractivity contribution in [3.63, 3.8) is 0 Å². The van der Waals surface area contributed by atoms with Crippen LogP contribution in [-0.4, -0.2) is 67.3 Å². The molecule has 0 aromatic carbocycles. The summed E-state index contributed by atoms with van der Waals surface area (Å²) in [6.45, 7) is 10.5. The Balaban J connectivity index is 2.30. The van der Waals surface area contributed by atoms with Crippen LogP contribution in [-0.2, 0) is 14.3 Å². The van der Waals surface area contributed by atoms with E-state index in [4.69, 9.17) is 9.47 Å². The molecule has 1 fully saturated rings. The van der Waals surface area contributed by atoms with Crippen molar-refractivity contribution < 1.29 is 19.1 Å². The molecule has 1 amide bonds. The average Bonchev–Trinajstić information content (AvgIpc) is 2.37. The third-order valence-corrected chi connectivity index (χ3v) is 3.54. The smallest absolute Gasteiger partial charge is 0.410 e. The number of hydrogen-bond acceptors (Lipinski definition) is 5. The van der Waals surface area contributed by atoms with Crippen molar-refractivity contribution in [2.24, 2.45) is 5.92 Å². The van der Waals surface area contributed by atoms with Gasteiger partial charge in [-0.05, 0) is 53.5 Å². The molecular weight excluding hydrogens is 284 g/mol. The molecular formula is C16H30N2O4. The first-order chi connectivity index (χ1) is 10.2. The number of likely N-dealkylation sites (N-methyl/N-ethyl adjacent to an activating group) is 1. The van der Waals surface area contributed by atoms with E-state index in [0.717, 1.165) is 19.4 Å². The lowest BCUT2D eigenvalue weighted by molar-refractivity contribution is -0.144. The van der Waals surface area contributed by atoms with Crippen molar-refractivity contribution in [3.8, 4) is 0 Å². The topological polar surface area (TPSA) is 59.1 Å². The lowest BCUT2D eigenvalue weighted by atomic mass is 9.96. The first-order valence-corrected chi connectivity index (χ1v) is 8.03. The van der Waals surface area contributed by atoms with E-state index in [9.17, 15) is 9.59 Å². The van der Waals surface area contributed by atoms with Crippen LogP contribution in [0, 0.1) is 5.92 Å². The largest absolute Gasteiger partial charge is 0.465 e. The van der Waals surface area contributed by atoms with Crippen LogP contribution < -0.4 is 0 Å². The molecule has 128 valence electrons. The maximum absolute atomic E-state index is 12.0. The molecule has 0 unspecified atom stereocenters. The van der Waals surface area contributed by atoms with Gasteiger partial charge in [0.1, 0.15) is 5.60 Å². The molecule has 1 rings (SSSR count). The predicted octanol–water partition coefficient (Wildman–Crippen LogP) is 2.13. The van der Waals surface area contributed by atoms with Crippen LogP contribution in [0.25, 0.3) is 0 Å². The van der Waals surface area contributed by atoms with Crippen molar-refractivity contribution in [3.05, 3.63) is 0 Å². The maximum Gasteiger partial charge on any atom is 0.410 e. The fourth-order valence-electron chi connectivity index (χ4n) is 2.56. The number of esters is 1. The van der Waals surface area contributed by atoms with Crippen LogP contribution in [0.1, 0.15) is 40.5 Å². The second-order valence-electron chi connectivity index (χ2n) is 6.91. The number of carbonyl (C=O) groups excluding carboxylic acids is 2. The highest BCUT2D eigenvalue weighted by Gasteiger charge is 2.27. The Hall–Kier alpha value is -1.30. The van der Waals surface area contributed by atoms with Crippen LogP contribution in [0.2, 0.25) is 0 Å². The van der Waals surface area contributed by atoms with Gasteiger partial charge in [0.05, 0.1) is 13.2 Å². The van der Waals surface area contributed by atoms with E-state index < -0.39 is 5.60 Å². The lowest BCUT2D eigenvalue weighted by Gasteiger charge is -2.34. The van der Waals surface area contributed by atoms with Gasteiger partial charge in [-0.3, -0.25) is 9.69 Å². The Morgan fingerprint density at radius 2 is 1.82 bits per heavy atom. The highest BCUT2D eigenvalue weighted by atomic mass is 16.6. The monoisotopic (exact) mass is 314 g/mol. The van der Waals surface area contributed by atoms with Gasteiger partial charge in [0.25, 0.3) is 0 Å². The van der Waals surface area contributed by atoms with Crippen molar-refractivity contribution in [2.75, 3.05) is 39.8 Å². The minimum Gasteiger partial charge on any atom is -0.465 e. The Morgan fingerprint density at radius 3 is 2.32 bits per heavy atom. The van der Waals surface area contributed by atoms with E-state index in [0.29, 0.717) is 32.2 Å². The second-order valence-corrected chi connectivity index (χ2v) is 6.91. The summed E-state index contributed by atoms with van der Waals surface area (Å²) < 4.78 is 10.3. The summed E-state index contributed by atoms with van der Waals surface area (Å²) >= 11 is 0. The first kappa shape index (κ1) is 18.7. The Bertz CT molecular complexity index is 371.